The summed E-state index contributed by atoms with van der Waals surface area (Å²) in [5.41, 5.74) is 0.210. The van der Waals surface area contributed by atoms with Gasteiger partial charge in [0.05, 0.1) is 17.9 Å². The molecule has 0 aliphatic carbocycles. The summed E-state index contributed by atoms with van der Waals surface area (Å²) in [4.78, 5) is 44.0. The van der Waals surface area contributed by atoms with Gasteiger partial charge in [-0.3, -0.25) is 14.5 Å². The molecule has 1 aliphatic rings. The summed E-state index contributed by atoms with van der Waals surface area (Å²) in [6.07, 6.45) is 0. The number of nitrogens with zero attached hydrogens (tertiary/aromatic N) is 2. The van der Waals surface area contributed by atoms with Crippen LogP contribution in [0.4, 0.5) is 9.52 Å². The Bertz CT molecular complexity index is 1340. The van der Waals surface area contributed by atoms with Crippen molar-refractivity contribution in [2.75, 3.05) is 11.5 Å². The van der Waals surface area contributed by atoms with Crippen molar-refractivity contribution in [3.63, 3.8) is 0 Å². The van der Waals surface area contributed by atoms with E-state index in [1.54, 1.807) is 19.9 Å². The first kappa shape index (κ1) is 23.6. The van der Waals surface area contributed by atoms with Gasteiger partial charge in [-0.2, -0.15) is 0 Å². The molecule has 10 heteroatoms. The molecule has 0 spiro atoms. The lowest BCUT2D eigenvalue weighted by molar-refractivity contribution is -0.132. The molecule has 1 aliphatic heterocycles. The zero-order valence-electron chi connectivity index (χ0n) is 18.0. The Kier molecular flexibility index (Phi) is 6.49. The number of aromatic nitrogens is 1. The number of carbonyl (C=O) groups is 3. The van der Waals surface area contributed by atoms with Crippen LogP contribution in [0.25, 0.3) is 5.76 Å². The van der Waals surface area contributed by atoms with Gasteiger partial charge in [-0.25, -0.2) is 14.2 Å². The molecule has 0 bridgehead atoms. The highest BCUT2D eigenvalue weighted by Gasteiger charge is 2.49. The number of Topliss-reactive ketones (excluding diaryl/α,β-unsaturated/α-hetero) is 1. The first-order valence-electron chi connectivity index (χ1n) is 10.2. The van der Waals surface area contributed by atoms with Crippen molar-refractivity contribution < 1.29 is 28.6 Å². The summed E-state index contributed by atoms with van der Waals surface area (Å²) in [6.45, 7) is 3.36. The standard InChI is InChI=1S/C24H18ClFN2O5S/c1-3-33-23(32)21-12(2)27-24(34-21)28-18(15-6-4-5-7-16(15)26)17(20(30)22(28)31)19(29)13-8-10-14(25)11-9-13/h4-11,18,29H,3H2,1-2H3/t18-/m1/s1. The molecule has 1 fully saturated rings. The molecule has 1 atom stereocenters. The van der Waals surface area contributed by atoms with Crippen LogP contribution in [0, 0.1) is 12.7 Å². The van der Waals surface area contributed by atoms with Crippen LogP contribution in [0.3, 0.4) is 0 Å². The molecule has 2 aromatic carbocycles. The lowest BCUT2D eigenvalue weighted by Gasteiger charge is -2.23. The number of aryl methyl sites for hydroxylation is 1. The number of ether oxygens (including phenoxy) is 1. The van der Waals surface area contributed by atoms with E-state index in [9.17, 15) is 23.9 Å². The fraction of sp³-hybridized carbons (Fsp3) is 0.167. The van der Waals surface area contributed by atoms with Crippen LogP contribution in [0.1, 0.15) is 39.5 Å². The monoisotopic (exact) mass is 500 g/mol. The predicted octanol–water partition coefficient (Wildman–Crippen LogP) is 5.05. The van der Waals surface area contributed by atoms with Gasteiger partial charge in [-0.1, -0.05) is 41.1 Å². The van der Waals surface area contributed by atoms with Gasteiger partial charge in [0.2, 0.25) is 0 Å². The highest BCUT2D eigenvalue weighted by molar-refractivity contribution is 7.17. The van der Waals surface area contributed by atoms with E-state index in [1.807, 2.05) is 0 Å². The number of aliphatic hydroxyl groups excluding tert-OH is 1. The SMILES string of the molecule is CCOC(=O)c1sc(N2C(=O)C(=O)C(=C(O)c3ccc(Cl)cc3)[C@H]2c2ccccc2F)nc1C. The number of amides is 1. The summed E-state index contributed by atoms with van der Waals surface area (Å²) < 4.78 is 20.0. The van der Waals surface area contributed by atoms with Crippen LogP contribution < -0.4 is 4.90 Å². The van der Waals surface area contributed by atoms with Gasteiger partial charge >= 0.3 is 11.9 Å². The van der Waals surface area contributed by atoms with Crippen LogP contribution in [-0.2, 0) is 14.3 Å². The van der Waals surface area contributed by atoms with E-state index in [4.69, 9.17) is 16.3 Å². The zero-order chi connectivity index (χ0) is 24.6. The number of halogens is 2. The molecule has 1 N–H and O–H groups in total. The smallest absolute Gasteiger partial charge is 0.350 e. The van der Waals surface area contributed by atoms with Crippen LogP contribution in [0.15, 0.2) is 54.1 Å². The first-order valence-corrected chi connectivity index (χ1v) is 11.4. The van der Waals surface area contributed by atoms with E-state index < -0.39 is 35.3 Å². The molecule has 4 rings (SSSR count). The van der Waals surface area contributed by atoms with Gasteiger partial charge < -0.3 is 9.84 Å². The second-order valence-electron chi connectivity index (χ2n) is 7.33. The van der Waals surface area contributed by atoms with Crippen LogP contribution >= 0.6 is 22.9 Å². The van der Waals surface area contributed by atoms with Crippen LogP contribution in [0.2, 0.25) is 5.02 Å². The maximum Gasteiger partial charge on any atom is 0.350 e. The number of carbonyl (C=O) groups excluding carboxylic acids is 3. The van der Waals surface area contributed by atoms with Crippen LogP contribution in [0.5, 0.6) is 0 Å². The van der Waals surface area contributed by atoms with Gasteiger partial charge in [0.1, 0.15) is 22.5 Å². The quantitative estimate of drug-likeness (QED) is 0.228. The fourth-order valence-corrected chi connectivity index (χ4v) is 4.77. The van der Waals surface area contributed by atoms with Gasteiger partial charge in [0.15, 0.2) is 5.13 Å². The largest absolute Gasteiger partial charge is 0.507 e. The molecule has 0 saturated carbocycles. The van der Waals surface area contributed by atoms with Gasteiger partial charge in [-0.05, 0) is 44.2 Å². The summed E-state index contributed by atoms with van der Waals surface area (Å²) in [5.74, 6) is -3.80. The Morgan fingerprint density at radius 2 is 1.88 bits per heavy atom. The molecular formula is C24H18ClFN2O5S. The molecule has 174 valence electrons. The zero-order valence-corrected chi connectivity index (χ0v) is 19.6. The number of benzene rings is 2. The molecular weight excluding hydrogens is 483 g/mol. The number of hydrogen-bond donors (Lipinski definition) is 1. The third-order valence-corrected chi connectivity index (χ3v) is 6.60. The molecule has 0 unspecified atom stereocenters. The lowest BCUT2D eigenvalue weighted by Crippen LogP contribution is -2.29. The second-order valence-corrected chi connectivity index (χ2v) is 8.74. The maximum atomic E-state index is 14.9. The van der Waals surface area contributed by atoms with Crippen molar-refractivity contribution in [2.24, 2.45) is 0 Å². The van der Waals surface area contributed by atoms with Crippen molar-refractivity contribution in [2.45, 2.75) is 19.9 Å². The van der Waals surface area contributed by atoms with E-state index in [1.165, 1.54) is 42.5 Å². The minimum Gasteiger partial charge on any atom is -0.507 e. The normalized spacial score (nSPS) is 17.3. The summed E-state index contributed by atoms with van der Waals surface area (Å²) >= 11 is 6.77. The Labute approximate surface area is 203 Å². The van der Waals surface area contributed by atoms with Gasteiger partial charge in [-0.15, -0.1) is 0 Å². The number of anilines is 1. The van der Waals surface area contributed by atoms with E-state index in [2.05, 4.69) is 4.98 Å². The topological polar surface area (TPSA) is 96.8 Å². The van der Waals surface area contributed by atoms with Crippen molar-refractivity contribution in [3.8, 4) is 0 Å². The first-order chi connectivity index (χ1) is 16.2. The van der Waals surface area contributed by atoms with E-state index in [0.29, 0.717) is 10.7 Å². The fourth-order valence-electron chi connectivity index (χ4n) is 3.66. The number of ketones is 1. The minimum atomic E-state index is -1.31. The molecule has 1 amide bonds. The molecule has 0 radical (unpaired) electrons. The summed E-state index contributed by atoms with van der Waals surface area (Å²) in [7, 11) is 0. The number of esters is 1. The van der Waals surface area contributed by atoms with Gasteiger partial charge in [0.25, 0.3) is 5.78 Å². The Hall–Kier alpha value is -3.56. The maximum absolute atomic E-state index is 14.9. The third-order valence-electron chi connectivity index (χ3n) is 5.21. The number of aliphatic hydroxyl groups is 1. The Balaban J connectivity index is 1.93. The van der Waals surface area contributed by atoms with E-state index in [-0.39, 0.29) is 33.3 Å². The highest BCUT2D eigenvalue weighted by Crippen LogP contribution is 2.44. The second kappa shape index (κ2) is 9.36. The molecule has 7 nitrogen and oxygen atoms in total. The molecule has 1 aromatic heterocycles. The predicted molar refractivity (Wildman–Crippen MR) is 125 cm³/mol. The van der Waals surface area contributed by atoms with Gasteiger partial charge in [0, 0.05) is 16.1 Å². The minimum absolute atomic E-state index is 0.00561. The Morgan fingerprint density at radius 1 is 1.21 bits per heavy atom. The number of hydrogen-bond acceptors (Lipinski definition) is 7. The van der Waals surface area contributed by atoms with Crippen LogP contribution in [-0.4, -0.2) is 34.4 Å². The van der Waals surface area contributed by atoms with E-state index >= 15 is 0 Å². The lowest BCUT2D eigenvalue weighted by atomic mass is 9.95. The van der Waals surface area contributed by atoms with Crippen molar-refractivity contribution in [3.05, 3.63) is 86.6 Å². The summed E-state index contributed by atoms with van der Waals surface area (Å²) in [6, 6.07) is 10.3. The average Bonchev–Trinajstić information content (AvgIpc) is 3.31. The highest BCUT2D eigenvalue weighted by atomic mass is 35.5. The third kappa shape index (κ3) is 4.08. The molecule has 34 heavy (non-hydrogen) atoms. The molecule has 1 saturated heterocycles. The number of rotatable bonds is 5. The van der Waals surface area contributed by atoms with Crippen molar-refractivity contribution >= 4 is 51.5 Å². The molecule has 3 aromatic rings. The number of thiazole rings is 1. The summed E-state index contributed by atoms with van der Waals surface area (Å²) in [5, 5.41) is 11.4. The van der Waals surface area contributed by atoms with E-state index in [0.717, 1.165) is 16.2 Å². The van der Waals surface area contributed by atoms with Crippen molar-refractivity contribution in [1.82, 2.24) is 4.98 Å². The average molecular weight is 501 g/mol. The van der Waals surface area contributed by atoms with Crippen molar-refractivity contribution in [1.29, 1.82) is 0 Å². The molecule has 2 heterocycles. The Morgan fingerprint density at radius 3 is 2.53 bits per heavy atom.